The smallest absolute Gasteiger partial charge is 0.257 e. The Hall–Kier alpha value is -1.49. The second-order valence-corrected chi connectivity index (χ2v) is 5.04. The molecule has 1 aromatic carbocycles. The molecule has 5 heteroatoms. The summed E-state index contributed by atoms with van der Waals surface area (Å²) in [6, 6.07) is 2.79. The summed E-state index contributed by atoms with van der Waals surface area (Å²) in [6.45, 7) is 2.42. The minimum atomic E-state index is -0.820. The van der Waals surface area contributed by atoms with E-state index >= 15 is 0 Å². The maximum absolute atomic E-state index is 13.7. The molecule has 0 aliphatic carbocycles. The fourth-order valence-electron chi connectivity index (χ4n) is 2.57. The highest BCUT2D eigenvalue weighted by molar-refractivity contribution is 5.94. The first-order valence-electron chi connectivity index (χ1n) is 6.52. The third-order valence-electron chi connectivity index (χ3n) is 3.58. The minimum Gasteiger partial charge on any atom is -0.334 e. The van der Waals surface area contributed by atoms with Crippen molar-refractivity contribution in [3.05, 3.63) is 35.4 Å². The Labute approximate surface area is 111 Å². The van der Waals surface area contributed by atoms with E-state index in [0.29, 0.717) is 6.54 Å². The number of halogens is 2. The molecule has 2 N–H and O–H groups in total. The molecule has 1 aromatic rings. The van der Waals surface area contributed by atoms with E-state index in [9.17, 15) is 13.6 Å². The number of nitrogens with two attached hydrogens (primary N) is 1. The van der Waals surface area contributed by atoms with Gasteiger partial charge in [0.15, 0.2) is 0 Å². The number of hydrogen-bond donors (Lipinski definition) is 1. The summed E-state index contributed by atoms with van der Waals surface area (Å²) in [5.74, 6) is -1.91. The van der Waals surface area contributed by atoms with Crippen molar-refractivity contribution in [1.29, 1.82) is 0 Å². The monoisotopic (exact) mass is 268 g/mol. The van der Waals surface area contributed by atoms with Crippen LogP contribution < -0.4 is 5.73 Å². The molecule has 2 atom stereocenters. The number of hydrogen-bond acceptors (Lipinski definition) is 2. The van der Waals surface area contributed by atoms with E-state index < -0.39 is 17.5 Å². The topological polar surface area (TPSA) is 46.3 Å². The van der Waals surface area contributed by atoms with Crippen molar-refractivity contribution in [2.24, 2.45) is 5.73 Å². The quantitative estimate of drug-likeness (QED) is 0.894. The first kappa shape index (κ1) is 13.9. The lowest BCUT2D eigenvalue weighted by Gasteiger charge is -2.38. The highest BCUT2D eigenvalue weighted by Gasteiger charge is 2.30. The number of benzene rings is 1. The summed E-state index contributed by atoms with van der Waals surface area (Å²) in [7, 11) is 0. The van der Waals surface area contributed by atoms with Crippen LogP contribution in [-0.4, -0.2) is 29.4 Å². The highest BCUT2D eigenvalue weighted by Crippen LogP contribution is 2.22. The molecular weight excluding hydrogens is 250 g/mol. The Kier molecular flexibility index (Phi) is 4.14. The average molecular weight is 268 g/mol. The second kappa shape index (κ2) is 5.65. The predicted octanol–water partition coefficient (Wildman–Crippen LogP) is 2.31. The zero-order valence-corrected chi connectivity index (χ0v) is 10.9. The van der Waals surface area contributed by atoms with Crippen LogP contribution in [0.15, 0.2) is 18.2 Å². The second-order valence-electron chi connectivity index (χ2n) is 5.04. The number of likely N-dealkylation sites (tertiary alicyclic amines) is 1. The van der Waals surface area contributed by atoms with Crippen molar-refractivity contribution in [2.45, 2.75) is 38.3 Å². The number of piperidine rings is 1. The molecule has 1 fully saturated rings. The van der Waals surface area contributed by atoms with E-state index in [-0.39, 0.29) is 17.6 Å². The molecule has 1 aliphatic heterocycles. The van der Waals surface area contributed by atoms with Crippen LogP contribution in [0.25, 0.3) is 0 Å². The molecule has 0 saturated carbocycles. The molecule has 104 valence electrons. The lowest BCUT2D eigenvalue weighted by Crippen LogP contribution is -2.51. The van der Waals surface area contributed by atoms with Gasteiger partial charge in [-0.3, -0.25) is 4.79 Å². The highest BCUT2D eigenvalue weighted by atomic mass is 19.1. The van der Waals surface area contributed by atoms with E-state index in [0.717, 1.165) is 31.4 Å². The van der Waals surface area contributed by atoms with E-state index in [1.807, 2.05) is 6.92 Å². The van der Waals surface area contributed by atoms with E-state index in [2.05, 4.69) is 0 Å². The van der Waals surface area contributed by atoms with Crippen molar-refractivity contribution in [2.75, 3.05) is 6.54 Å². The van der Waals surface area contributed by atoms with Gasteiger partial charge in [-0.05, 0) is 38.3 Å². The van der Waals surface area contributed by atoms with E-state index in [1.54, 1.807) is 4.90 Å². The SMILES string of the molecule is CC(N)C1CCCCN1C(=O)c1ccc(F)cc1F. The predicted molar refractivity (Wildman–Crippen MR) is 68.7 cm³/mol. The van der Waals surface area contributed by atoms with Crippen LogP contribution in [0.3, 0.4) is 0 Å². The van der Waals surface area contributed by atoms with Gasteiger partial charge < -0.3 is 10.6 Å². The summed E-state index contributed by atoms with van der Waals surface area (Å²) in [6.07, 6.45) is 2.73. The molecule has 19 heavy (non-hydrogen) atoms. The molecule has 2 rings (SSSR count). The zero-order chi connectivity index (χ0) is 14.0. The van der Waals surface area contributed by atoms with Gasteiger partial charge in [-0.1, -0.05) is 0 Å². The van der Waals surface area contributed by atoms with Gasteiger partial charge in [0, 0.05) is 24.7 Å². The van der Waals surface area contributed by atoms with Crippen molar-refractivity contribution in [1.82, 2.24) is 4.90 Å². The molecule has 1 heterocycles. The third-order valence-corrected chi connectivity index (χ3v) is 3.58. The molecule has 2 unspecified atom stereocenters. The van der Waals surface area contributed by atoms with Gasteiger partial charge in [-0.15, -0.1) is 0 Å². The van der Waals surface area contributed by atoms with Crippen LogP contribution in [0.4, 0.5) is 8.78 Å². The number of amides is 1. The van der Waals surface area contributed by atoms with Gasteiger partial charge in [0.25, 0.3) is 5.91 Å². The molecule has 0 bridgehead atoms. The molecule has 1 aliphatic rings. The Bertz CT molecular complexity index is 477. The van der Waals surface area contributed by atoms with Crippen LogP contribution in [0.5, 0.6) is 0 Å². The molecule has 1 amide bonds. The van der Waals surface area contributed by atoms with Crippen molar-refractivity contribution in [3.8, 4) is 0 Å². The van der Waals surface area contributed by atoms with Gasteiger partial charge in [0.1, 0.15) is 11.6 Å². The first-order valence-corrected chi connectivity index (χ1v) is 6.52. The molecule has 3 nitrogen and oxygen atoms in total. The Morgan fingerprint density at radius 3 is 2.79 bits per heavy atom. The first-order chi connectivity index (χ1) is 9.00. The Morgan fingerprint density at radius 2 is 2.16 bits per heavy atom. The van der Waals surface area contributed by atoms with Crippen molar-refractivity contribution >= 4 is 5.91 Å². The van der Waals surface area contributed by atoms with Crippen molar-refractivity contribution < 1.29 is 13.6 Å². The summed E-state index contributed by atoms with van der Waals surface area (Å²) < 4.78 is 26.5. The molecule has 0 aromatic heterocycles. The van der Waals surface area contributed by atoms with Crippen LogP contribution in [0, 0.1) is 11.6 Å². The largest absolute Gasteiger partial charge is 0.334 e. The molecule has 1 saturated heterocycles. The third kappa shape index (κ3) is 2.92. The molecule has 0 radical (unpaired) electrons. The fraction of sp³-hybridized carbons (Fsp3) is 0.500. The van der Waals surface area contributed by atoms with Gasteiger partial charge in [-0.25, -0.2) is 8.78 Å². The van der Waals surface area contributed by atoms with Gasteiger partial charge >= 0.3 is 0 Å². The van der Waals surface area contributed by atoms with Crippen LogP contribution in [0.1, 0.15) is 36.5 Å². The van der Waals surface area contributed by atoms with Crippen molar-refractivity contribution in [3.63, 3.8) is 0 Å². The fourth-order valence-corrected chi connectivity index (χ4v) is 2.57. The molecule has 0 spiro atoms. The lowest BCUT2D eigenvalue weighted by atomic mass is 9.96. The maximum atomic E-state index is 13.7. The molecular formula is C14H18F2N2O. The summed E-state index contributed by atoms with van der Waals surface area (Å²) in [5, 5.41) is 0. The summed E-state index contributed by atoms with van der Waals surface area (Å²) in [5.41, 5.74) is 5.80. The van der Waals surface area contributed by atoms with Crippen LogP contribution >= 0.6 is 0 Å². The van der Waals surface area contributed by atoms with Crippen LogP contribution in [0.2, 0.25) is 0 Å². The number of nitrogens with zero attached hydrogens (tertiary/aromatic N) is 1. The summed E-state index contributed by atoms with van der Waals surface area (Å²) in [4.78, 5) is 14.0. The maximum Gasteiger partial charge on any atom is 0.257 e. The summed E-state index contributed by atoms with van der Waals surface area (Å²) >= 11 is 0. The average Bonchev–Trinajstić information content (AvgIpc) is 2.38. The minimum absolute atomic E-state index is 0.0781. The standard InChI is InChI=1S/C14H18F2N2O/c1-9(17)13-4-2-3-7-18(13)14(19)11-6-5-10(15)8-12(11)16/h5-6,8-9,13H,2-4,7,17H2,1H3. The lowest BCUT2D eigenvalue weighted by molar-refractivity contribution is 0.0579. The normalized spacial score (nSPS) is 21.3. The van der Waals surface area contributed by atoms with Gasteiger partial charge in [0.05, 0.1) is 5.56 Å². The Balaban J connectivity index is 2.26. The number of rotatable bonds is 2. The van der Waals surface area contributed by atoms with Crippen LogP contribution in [-0.2, 0) is 0 Å². The van der Waals surface area contributed by atoms with Gasteiger partial charge in [-0.2, -0.15) is 0 Å². The van der Waals surface area contributed by atoms with E-state index in [1.165, 1.54) is 6.07 Å². The number of carbonyl (C=O) groups excluding carboxylic acids is 1. The van der Waals surface area contributed by atoms with E-state index in [4.69, 9.17) is 5.73 Å². The number of carbonyl (C=O) groups is 1. The van der Waals surface area contributed by atoms with Gasteiger partial charge in [0.2, 0.25) is 0 Å². The Morgan fingerprint density at radius 1 is 1.42 bits per heavy atom. The zero-order valence-electron chi connectivity index (χ0n) is 10.9.